The number of rotatable bonds is 6. The van der Waals surface area contributed by atoms with E-state index in [1.807, 2.05) is 49.9 Å². The number of methoxy groups -OCH3 is 1. The van der Waals surface area contributed by atoms with Crippen molar-refractivity contribution in [2.75, 3.05) is 69.8 Å². The Morgan fingerprint density at radius 1 is 1.05 bits per heavy atom. The summed E-state index contributed by atoms with van der Waals surface area (Å²) >= 11 is 0. The Hall–Kier alpha value is -3.86. The lowest BCUT2D eigenvalue weighted by molar-refractivity contribution is 0.0240. The number of carbonyl (C=O) groups is 1. The maximum atomic E-state index is 15.9. The Kier molecular flexibility index (Phi) is 8.41. The lowest BCUT2D eigenvalue weighted by Crippen LogP contribution is -2.50. The summed E-state index contributed by atoms with van der Waals surface area (Å²) in [5, 5.41) is 1.75. The maximum Gasteiger partial charge on any atom is 0.410 e. The molecule has 236 valence electrons. The maximum absolute atomic E-state index is 15.9. The second kappa shape index (κ2) is 12.3. The van der Waals surface area contributed by atoms with Crippen LogP contribution >= 0.6 is 0 Å². The first-order valence-electron chi connectivity index (χ1n) is 15.6. The summed E-state index contributed by atoms with van der Waals surface area (Å²) in [6.07, 6.45) is 2.58. The molecule has 0 saturated carbocycles. The number of aromatic nitrogens is 2. The highest BCUT2D eigenvalue weighted by atomic mass is 19.1. The van der Waals surface area contributed by atoms with Crippen LogP contribution in [0.4, 0.5) is 20.7 Å². The number of halogens is 1. The lowest BCUT2D eigenvalue weighted by atomic mass is 10.0. The molecular weight excluding hydrogens is 563 g/mol. The number of ether oxygens (including phenoxy) is 3. The standard InChI is InChI=1S/C33H43FN6O4/c1-33(2,3)44-32(41)39-17-15-38(16-18-39)30-25-12-14-40(29-24-11-7-6-9-22(24)19-27(42-5)28(29)34)20-26(25)35-31(36-30)43-21-23-10-8-13-37(23)4/h6-7,9,11,19,23H,8,10,12-18,20-21H2,1-5H3/t23-/m0/s1. The molecule has 1 aromatic heterocycles. The molecule has 4 heterocycles. The molecule has 0 bridgehead atoms. The first-order valence-corrected chi connectivity index (χ1v) is 15.6. The fourth-order valence-corrected chi connectivity index (χ4v) is 6.43. The molecule has 10 nitrogen and oxygen atoms in total. The van der Waals surface area contributed by atoms with E-state index in [4.69, 9.17) is 24.2 Å². The van der Waals surface area contributed by atoms with Gasteiger partial charge in [0, 0.05) is 49.7 Å². The molecule has 6 rings (SSSR count). The number of hydrogen-bond donors (Lipinski definition) is 0. The molecule has 3 aliphatic heterocycles. The van der Waals surface area contributed by atoms with Gasteiger partial charge in [-0.15, -0.1) is 0 Å². The summed E-state index contributed by atoms with van der Waals surface area (Å²) in [4.78, 5) is 30.9. The first kappa shape index (κ1) is 30.2. The molecule has 0 aliphatic carbocycles. The van der Waals surface area contributed by atoms with Crippen LogP contribution < -0.4 is 19.3 Å². The van der Waals surface area contributed by atoms with Gasteiger partial charge in [0.2, 0.25) is 0 Å². The normalized spacial score (nSPS) is 19.3. The van der Waals surface area contributed by atoms with Crippen molar-refractivity contribution in [1.82, 2.24) is 19.8 Å². The van der Waals surface area contributed by atoms with Gasteiger partial charge in [0.1, 0.15) is 18.0 Å². The minimum absolute atomic E-state index is 0.223. The third kappa shape index (κ3) is 6.20. The number of carbonyl (C=O) groups excluding carboxylic acids is 1. The summed E-state index contributed by atoms with van der Waals surface area (Å²) in [7, 11) is 3.62. The van der Waals surface area contributed by atoms with Crippen molar-refractivity contribution in [1.29, 1.82) is 0 Å². The Labute approximate surface area is 258 Å². The molecule has 2 fully saturated rings. The zero-order chi connectivity index (χ0) is 31.0. The van der Waals surface area contributed by atoms with Gasteiger partial charge in [0.15, 0.2) is 11.6 Å². The van der Waals surface area contributed by atoms with E-state index in [0.29, 0.717) is 70.0 Å². The fraction of sp³-hybridized carbons (Fsp3) is 0.545. The second-order valence-corrected chi connectivity index (χ2v) is 12.9. The molecular formula is C33H43FN6O4. The van der Waals surface area contributed by atoms with Crippen molar-refractivity contribution in [3.8, 4) is 11.8 Å². The number of benzene rings is 2. The van der Waals surface area contributed by atoms with Gasteiger partial charge in [-0.25, -0.2) is 9.18 Å². The Balaban J connectivity index is 1.30. The third-order valence-corrected chi connectivity index (χ3v) is 8.79. The summed E-state index contributed by atoms with van der Waals surface area (Å²) in [5.74, 6) is 0.688. The molecule has 2 saturated heterocycles. The molecule has 2 aromatic carbocycles. The van der Waals surface area contributed by atoms with Crippen LogP contribution in [-0.2, 0) is 17.7 Å². The summed E-state index contributed by atoms with van der Waals surface area (Å²) < 4.78 is 33.1. The van der Waals surface area contributed by atoms with Gasteiger partial charge < -0.3 is 33.8 Å². The van der Waals surface area contributed by atoms with E-state index in [1.165, 1.54) is 7.11 Å². The number of likely N-dealkylation sites (tertiary alicyclic amines) is 1. The molecule has 0 radical (unpaired) electrons. The van der Waals surface area contributed by atoms with Crippen LogP contribution in [0.15, 0.2) is 30.3 Å². The SMILES string of the molecule is COc1cc2ccccc2c(N2CCc3c(nc(OC[C@@H]4CCCN4C)nc3N3CCN(C(=O)OC(C)(C)C)CC3)C2)c1F. The molecule has 0 unspecified atom stereocenters. The van der Waals surface area contributed by atoms with Crippen LogP contribution in [0.1, 0.15) is 44.9 Å². The van der Waals surface area contributed by atoms with Gasteiger partial charge >= 0.3 is 12.1 Å². The van der Waals surface area contributed by atoms with E-state index in [0.717, 1.165) is 47.2 Å². The molecule has 0 spiro atoms. The van der Waals surface area contributed by atoms with Crippen LogP contribution in [0.25, 0.3) is 10.8 Å². The van der Waals surface area contributed by atoms with Gasteiger partial charge in [0.05, 0.1) is 25.0 Å². The smallest absolute Gasteiger partial charge is 0.410 e. The molecule has 11 heteroatoms. The predicted octanol–water partition coefficient (Wildman–Crippen LogP) is 4.87. The minimum Gasteiger partial charge on any atom is -0.494 e. The molecule has 1 amide bonds. The monoisotopic (exact) mass is 606 g/mol. The largest absolute Gasteiger partial charge is 0.494 e. The Bertz CT molecular complexity index is 1520. The number of piperazine rings is 1. The predicted molar refractivity (Wildman–Crippen MR) is 168 cm³/mol. The van der Waals surface area contributed by atoms with Gasteiger partial charge in [-0.1, -0.05) is 24.3 Å². The number of hydrogen-bond acceptors (Lipinski definition) is 9. The van der Waals surface area contributed by atoms with E-state index in [2.05, 4.69) is 16.8 Å². The Morgan fingerprint density at radius 2 is 1.82 bits per heavy atom. The van der Waals surface area contributed by atoms with Gasteiger partial charge in [-0.2, -0.15) is 9.97 Å². The van der Waals surface area contributed by atoms with Crippen molar-refractivity contribution < 1.29 is 23.4 Å². The van der Waals surface area contributed by atoms with Gasteiger partial charge in [0.25, 0.3) is 0 Å². The summed E-state index contributed by atoms with van der Waals surface area (Å²) in [6.45, 7) is 10.5. The van der Waals surface area contributed by atoms with Crippen molar-refractivity contribution in [2.45, 2.75) is 58.2 Å². The van der Waals surface area contributed by atoms with Crippen LogP contribution in [0.2, 0.25) is 0 Å². The average molecular weight is 607 g/mol. The van der Waals surface area contributed by atoms with Crippen LogP contribution in [0.5, 0.6) is 11.8 Å². The average Bonchev–Trinajstić information content (AvgIpc) is 3.42. The zero-order valence-electron chi connectivity index (χ0n) is 26.4. The molecule has 3 aromatic rings. The second-order valence-electron chi connectivity index (χ2n) is 12.9. The number of likely N-dealkylation sites (N-methyl/N-ethyl adjacent to an activating group) is 1. The van der Waals surface area contributed by atoms with Crippen molar-refractivity contribution in [3.63, 3.8) is 0 Å². The molecule has 44 heavy (non-hydrogen) atoms. The van der Waals surface area contributed by atoms with Crippen molar-refractivity contribution >= 4 is 28.4 Å². The summed E-state index contributed by atoms with van der Waals surface area (Å²) in [5.41, 5.74) is 1.85. The van der Waals surface area contributed by atoms with Gasteiger partial charge in [-0.05, 0) is 65.1 Å². The lowest BCUT2D eigenvalue weighted by Gasteiger charge is -2.38. The highest BCUT2D eigenvalue weighted by Crippen LogP contribution is 2.39. The van der Waals surface area contributed by atoms with Crippen molar-refractivity contribution in [3.05, 3.63) is 47.4 Å². The van der Waals surface area contributed by atoms with E-state index in [1.54, 1.807) is 11.0 Å². The number of nitrogens with zero attached hydrogens (tertiary/aromatic N) is 6. The topological polar surface area (TPSA) is 83.5 Å². The third-order valence-electron chi connectivity index (χ3n) is 8.79. The zero-order valence-corrected chi connectivity index (χ0v) is 26.4. The number of fused-ring (bicyclic) bond motifs is 2. The van der Waals surface area contributed by atoms with E-state index < -0.39 is 5.60 Å². The quantitative estimate of drug-likeness (QED) is 0.390. The number of amides is 1. The van der Waals surface area contributed by atoms with Crippen LogP contribution in [0.3, 0.4) is 0 Å². The van der Waals surface area contributed by atoms with Crippen LogP contribution in [-0.4, -0.2) is 97.5 Å². The summed E-state index contributed by atoms with van der Waals surface area (Å²) in [6, 6.07) is 10.2. The number of anilines is 2. The fourth-order valence-electron chi connectivity index (χ4n) is 6.43. The molecule has 0 N–H and O–H groups in total. The molecule has 3 aliphatic rings. The van der Waals surface area contributed by atoms with E-state index in [-0.39, 0.29) is 17.7 Å². The van der Waals surface area contributed by atoms with Crippen molar-refractivity contribution in [2.24, 2.45) is 0 Å². The minimum atomic E-state index is -0.543. The highest BCUT2D eigenvalue weighted by Gasteiger charge is 2.32. The van der Waals surface area contributed by atoms with E-state index >= 15 is 4.39 Å². The highest BCUT2D eigenvalue weighted by molar-refractivity contribution is 5.96. The molecule has 1 atom stereocenters. The first-order chi connectivity index (χ1) is 21.1. The van der Waals surface area contributed by atoms with E-state index in [9.17, 15) is 4.79 Å². The van der Waals surface area contributed by atoms with Crippen LogP contribution in [0, 0.1) is 5.82 Å². The van der Waals surface area contributed by atoms with Gasteiger partial charge in [-0.3, -0.25) is 0 Å². The Morgan fingerprint density at radius 3 is 2.52 bits per heavy atom.